The Hall–Kier alpha value is -1.79. The number of sulfonamides is 1. The van der Waals surface area contributed by atoms with Crippen LogP contribution in [0.1, 0.15) is 6.23 Å². The normalized spacial score (nSPS) is 27.8. The molecule has 1 aliphatic heterocycles. The number of nitrogens with zero attached hydrogens (tertiary/aromatic N) is 1. The van der Waals surface area contributed by atoms with Crippen LogP contribution in [0.2, 0.25) is 0 Å². The molecule has 0 radical (unpaired) electrons. The summed E-state index contributed by atoms with van der Waals surface area (Å²) in [7, 11) is 0.539. The van der Waals surface area contributed by atoms with Gasteiger partial charge in [-0.15, -0.1) is 0 Å². The van der Waals surface area contributed by atoms with Crippen molar-refractivity contribution in [1.82, 2.24) is 14.3 Å². The number of aromatic amines is 1. The van der Waals surface area contributed by atoms with Crippen molar-refractivity contribution in [3.63, 3.8) is 0 Å². The van der Waals surface area contributed by atoms with E-state index < -0.39 is 45.8 Å². The molecule has 0 spiro atoms. The van der Waals surface area contributed by atoms with E-state index in [4.69, 9.17) is 14.2 Å². The fourth-order valence-corrected chi connectivity index (χ4v) is 2.94. The molecule has 11 heteroatoms. The van der Waals surface area contributed by atoms with Gasteiger partial charge in [0.1, 0.15) is 18.3 Å². The second-order valence-corrected chi connectivity index (χ2v) is 6.76. The van der Waals surface area contributed by atoms with E-state index in [0.29, 0.717) is 0 Å². The molecule has 24 heavy (non-hydrogen) atoms. The van der Waals surface area contributed by atoms with Crippen molar-refractivity contribution in [2.45, 2.75) is 24.5 Å². The summed E-state index contributed by atoms with van der Waals surface area (Å²) in [5.41, 5.74) is -1.21. The molecule has 1 saturated heterocycles. The van der Waals surface area contributed by atoms with Crippen LogP contribution in [0.3, 0.4) is 0 Å². The summed E-state index contributed by atoms with van der Waals surface area (Å²) >= 11 is 0. The molecule has 0 amide bonds. The molecule has 10 nitrogen and oxygen atoms in total. The number of aromatic nitrogens is 2. The van der Waals surface area contributed by atoms with Gasteiger partial charge in [0.05, 0.1) is 0 Å². The third-order valence-electron chi connectivity index (χ3n) is 3.63. The molecule has 0 bridgehead atoms. The predicted molar refractivity (Wildman–Crippen MR) is 83.9 cm³/mol. The van der Waals surface area contributed by atoms with Crippen LogP contribution in [0, 0.1) is 0 Å². The van der Waals surface area contributed by atoms with E-state index in [9.17, 15) is 18.0 Å². The van der Waals surface area contributed by atoms with Crippen LogP contribution in [0.4, 0.5) is 0 Å². The molecular formula is C13H19N3O7S. The highest BCUT2D eigenvalue weighted by molar-refractivity contribution is 7.92. The molecule has 2 rings (SSSR count). The average molecular weight is 361 g/mol. The van der Waals surface area contributed by atoms with Crippen LogP contribution in [0.15, 0.2) is 33.3 Å². The van der Waals surface area contributed by atoms with Crippen molar-refractivity contribution >= 4 is 10.0 Å². The van der Waals surface area contributed by atoms with Crippen LogP contribution >= 0.6 is 0 Å². The standard InChI is InChI=1S/C13H19N3O7S/c1-14-24(19,20)7-5-8-10(21-2)11(22-3)12(23-8)16-6-4-9(17)15-13(16)18/h4-8,10-12,14H,1-3H3,(H,15,17,18)/b7-5+/t8-,10-,11-,12-/m1/s1. The smallest absolute Gasteiger partial charge is 0.330 e. The maximum absolute atomic E-state index is 12.0. The predicted octanol–water partition coefficient (Wildman–Crippen LogP) is -1.47. The number of methoxy groups -OCH3 is 2. The van der Waals surface area contributed by atoms with Crippen LogP contribution in [-0.4, -0.2) is 57.5 Å². The first kappa shape index (κ1) is 18.5. The highest BCUT2D eigenvalue weighted by atomic mass is 32.2. The summed E-state index contributed by atoms with van der Waals surface area (Å²) in [5, 5.41) is 0.953. The molecule has 134 valence electrons. The van der Waals surface area contributed by atoms with Gasteiger partial charge in [-0.3, -0.25) is 14.3 Å². The first-order valence-corrected chi connectivity index (χ1v) is 8.52. The molecule has 4 atom stereocenters. The van der Waals surface area contributed by atoms with Gasteiger partial charge in [-0.05, 0) is 13.1 Å². The van der Waals surface area contributed by atoms with E-state index in [0.717, 1.165) is 9.98 Å². The molecule has 2 heterocycles. The minimum absolute atomic E-state index is 0.539. The summed E-state index contributed by atoms with van der Waals surface area (Å²) < 4.78 is 42.8. The van der Waals surface area contributed by atoms with Crippen molar-refractivity contribution < 1.29 is 22.6 Å². The SMILES string of the molecule is CNS(=O)(=O)/C=C/[C@H]1O[C@@H](n2ccc(=O)[nH]c2=O)[C@H](OC)[C@@H]1OC. The second-order valence-electron chi connectivity index (χ2n) is 4.99. The Labute approximate surface area is 138 Å². The van der Waals surface area contributed by atoms with Gasteiger partial charge in [-0.25, -0.2) is 17.9 Å². The zero-order chi connectivity index (χ0) is 17.9. The highest BCUT2D eigenvalue weighted by Crippen LogP contribution is 2.32. The Bertz CT molecular complexity index is 813. The molecule has 0 aliphatic carbocycles. The van der Waals surface area contributed by atoms with Crippen molar-refractivity contribution in [2.75, 3.05) is 21.3 Å². The Balaban J connectivity index is 2.37. The molecule has 2 N–H and O–H groups in total. The lowest BCUT2D eigenvalue weighted by Gasteiger charge is -2.21. The first-order valence-electron chi connectivity index (χ1n) is 6.97. The van der Waals surface area contributed by atoms with Crippen LogP contribution < -0.4 is 16.0 Å². The van der Waals surface area contributed by atoms with Gasteiger partial charge in [-0.2, -0.15) is 0 Å². The lowest BCUT2D eigenvalue weighted by molar-refractivity contribution is -0.0535. The van der Waals surface area contributed by atoms with Gasteiger partial charge < -0.3 is 14.2 Å². The maximum Gasteiger partial charge on any atom is 0.330 e. The molecule has 1 aromatic rings. The minimum atomic E-state index is -3.58. The lowest BCUT2D eigenvalue weighted by atomic mass is 10.1. The Morgan fingerprint density at radius 2 is 1.96 bits per heavy atom. The molecule has 0 aromatic carbocycles. The fourth-order valence-electron chi connectivity index (χ4n) is 2.44. The average Bonchev–Trinajstić information content (AvgIpc) is 2.90. The Kier molecular flexibility index (Phi) is 5.72. The van der Waals surface area contributed by atoms with E-state index in [1.54, 1.807) is 0 Å². The van der Waals surface area contributed by atoms with E-state index >= 15 is 0 Å². The zero-order valence-electron chi connectivity index (χ0n) is 13.3. The third-order valence-corrected chi connectivity index (χ3v) is 4.71. The van der Waals surface area contributed by atoms with Crippen LogP contribution in [0.5, 0.6) is 0 Å². The fraction of sp³-hybridized carbons (Fsp3) is 0.538. The van der Waals surface area contributed by atoms with Crippen molar-refractivity contribution in [2.24, 2.45) is 0 Å². The van der Waals surface area contributed by atoms with E-state index in [1.165, 1.54) is 39.6 Å². The van der Waals surface area contributed by atoms with E-state index in [1.807, 2.05) is 0 Å². The van der Waals surface area contributed by atoms with E-state index in [2.05, 4.69) is 9.71 Å². The minimum Gasteiger partial charge on any atom is -0.375 e. The van der Waals surface area contributed by atoms with Gasteiger partial charge >= 0.3 is 5.69 Å². The highest BCUT2D eigenvalue weighted by Gasteiger charge is 2.45. The summed E-state index contributed by atoms with van der Waals surface area (Å²) in [4.78, 5) is 25.3. The third kappa shape index (κ3) is 3.82. The van der Waals surface area contributed by atoms with Gasteiger partial charge in [0.15, 0.2) is 6.23 Å². The summed E-state index contributed by atoms with van der Waals surface area (Å²) in [6.07, 6.45) is -0.417. The van der Waals surface area contributed by atoms with Gasteiger partial charge in [0, 0.05) is 31.9 Å². The number of H-pyrrole nitrogens is 1. The van der Waals surface area contributed by atoms with Crippen LogP contribution in [0.25, 0.3) is 0 Å². The maximum atomic E-state index is 12.0. The Morgan fingerprint density at radius 1 is 1.29 bits per heavy atom. The lowest BCUT2D eigenvalue weighted by Crippen LogP contribution is -2.39. The van der Waals surface area contributed by atoms with Gasteiger partial charge in [-0.1, -0.05) is 0 Å². The Morgan fingerprint density at radius 3 is 2.50 bits per heavy atom. The largest absolute Gasteiger partial charge is 0.375 e. The number of nitrogens with one attached hydrogen (secondary N) is 2. The number of hydrogen-bond donors (Lipinski definition) is 2. The van der Waals surface area contributed by atoms with Gasteiger partial charge in [0.25, 0.3) is 5.56 Å². The quantitative estimate of drug-likeness (QED) is 0.633. The number of ether oxygens (including phenoxy) is 3. The van der Waals surface area contributed by atoms with E-state index in [-0.39, 0.29) is 0 Å². The molecule has 1 aliphatic rings. The number of rotatable bonds is 6. The van der Waals surface area contributed by atoms with Crippen LogP contribution in [-0.2, 0) is 24.2 Å². The van der Waals surface area contributed by atoms with Crippen molar-refractivity contribution in [1.29, 1.82) is 0 Å². The summed E-state index contributed by atoms with van der Waals surface area (Å²) in [5.74, 6) is 0. The molecular weight excluding hydrogens is 342 g/mol. The van der Waals surface area contributed by atoms with Crippen molar-refractivity contribution in [3.8, 4) is 0 Å². The van der Waals surface area contributed by atoms with Crippen molar-refractivity contribution in [3.05, 3.63) is 44.6 Å². The first-order chi connectivity index (χ1) is 11.3. The second kappa shape index (κ2) is 7.40. The monoisotopic (exact) mass is 361 g/mol. The molecule has 1 fully saturated rings. The molecule has 0 unspecified atom stereocenters. The van der Waals surface area contributed by atoms with Gasteiger partial charge in [0.2, 0.25) is 10.0 Å². The number of hydrogen-bond acceptors (Lipinski definition) is 7. The summed E-state index contributed by atoms with van der Waals surface area (Å²) in [6, 6.07) is 1.17. The molecule has 1 aromatic heterocycles. The molecule has 0 saturated carbocycles. The zero-order valence-corrected chi connectivity index (χ0v) is 14.1. The topological polar surface area (TPSA) is 129 Å². The summed E-state index contributed by atoms with van der Waals surface area (Å²) in [6.45, 7) is 0.